The second kappa shape index (κ2) is 13.9. The number of hydrogen-bond donors (Lipinski definition) is 1. The molecule has 1 N–H and O–H groups in total. The average Bonchev–Trinajstić information content (AvgIpc) is 2.70. The third-order valence-corrected chi connectivity index (χ3v) is 10.3. The van der Waals surface area contributed by atoms with Crippen molar-refractivity contribution in [2.45, 2.75) is 117 Å². The third kappa shape index (κ3) is 10.2. The van der Waals surface area contributed by atoms with Crippen LogP contribution in [0.3, 0.4) is 0 Å². The van der Waals surface area contributed by atoms with E-state index in [1.807, 2.05) is 0 Å². The van der Waals surface area contributed by atoms with Gasteiger partial charge in [0, 0.05) is 20.4 Å². The van der Waals surface area contributed by atoms with Gasteiger partial charge in [-0.1, -0.05) is 127 Å². The molecule has 3 nitrogen and oxygen atoms in total. The fraction of sp³-hybridized carbons (Fsp3) is 0.600. The maximum absolute atomic E-state index is 10.7. The first-order valence-electron chi connectivity index (χ1n) is 13.0. The first-order valence-corrected chi connectivity index (χ1v) is 15.8. The molecule has 0 aliphatic rings. The van der Waals surface area contributed by atoms with Crippen molar-refractivity contribution in [3.8, 4) is 11.1 Å². The van der Waals surface area contributed by atoms with Gasteiger partial charge in [0.15, 0.2) is 0 Å². The molecule has 2 aromatic carbocycles. The van der Waals surface area contributed by atoms with Gasteiger partial charge < -0.3 is 0 Å². The number of rotatable bonds is 5. The Labute approximate surface area is 249 Å². The summed E-state index contributed by atoms with van der Waals surface area (Å²) in [5.74, 6) is 1.55. The average molecular weight is 681 g/mol. The standard InChI is InChI=1S/C29H45P.CHF3O3S.Pd/c1-19(2)22-17-24(20(3)4)27(25(18-22)21(5)6)23-15-13-14-16-26(23)30(28(7,8)9)29(10,11)12;2-1(3,4)8(5,6)7;/h13-21H,1-12H3;(H,5,6,7);. The molecular formula is C30H46F3O3PPdS. The summed E-state index contributed by atoms with van der Waals surface area (Å²) >= 11 is 0. The van der Waals surface area contributed by atoms with Gasteiger partial charge in [-0.3, -0.25) is 4.55 Å². The van der Waals surface area contributed by atoms with Gasteiger partial charge in [0.2, 0.25) is 0 Å². The van der Waals surface area contributed by atoms with Crippen LogP contribution in [0.5, 0.6) is 0 Å². The van der Waals surface area contributed by atoms with Crippen LogP contribution in [0.15, 0.2) is 36.4 Å². The van der Waals surface area contributed by atoms with Gasteiger partial charge in [0.05, 0.1) is 0 Å². The van der Waals surface area contributed by atoms with Crippen molar-refractivity contribution in [2.24, 2.45) is 0 Å². The Morgan fingerprint density at radius 1 is 0.744 bits per heavy atom. The molecule has 0 bridgehead atoms. The van der Waals surface area contributed by atoms with E-state index in [1.54, 1.807) is 5.30 Å². The largest absolute Gasteiger partial charge is 0.522 e. The van der Waals surface area contributed by atoms with E-state index in [2.05, 4.69) is 119 Å². The van der Waals surface area contributed by atoms with Crippen molar-refractivity contribution in [3.63, 3.8) is 0 Å². The molecule has 0 aromatic heterocycles. The summed E-state index contributed by atoms with van der Waals surface area (Å²) in [5, 5.41) is 2.06. The van der Waals surface area contributed by atoms with E-state index >= 15 is 0 Å². The number of hydrogen-bond acceptors (Lipinski definition) is 2. The summed E-state index contributed by atoms with van der Waals surface area (Å²) in [5.41, 5.74) is 1.92. The van der Waals surface area contributed by atoms with E-state index in [0.717, 1.165) is 0 Å². The predicted molar refractivity (Wildman–Crippen MR) is 158 cm³/mol. The van der Waals surface area contributed by atoms with Gasteiger partial charge in [-0.05, 0) is 61.2 Å². The molecule has 0 saturated heterocycles. The summed E-state index contributed by atoms with van der Waals surface area (Å²) in [7, 11) is -6.21. The zero-order valence-corrected chi connectivity index (χ0v) is 28.5. The molecule has 0 aliphatic heterocycles. The Hall–Kier alpha value is -0.768. The van der Waals surface area contributed by atoms with Crippen LogP contribution in [-0.2, 0) is 30.5 Å². The molecule has 0 amide bonds. The van der Waals surface area contributed by atoms with Crippen LogP contribution in [0.1, 0.15) is 118 Å². The second-order valence-electron chi connectivity index (χ2n) is 12.7. The van der Waals surface area contributed by atoms with Crippen molar-refractivity contribution in [1.82, 2.24) is 0 Å². The van der Waals surface area contributed by atoms with Gasteiger partial charge in [0.1, 0.15) is 0 Å². The monoisotopic (exact) mass is 680 g/mol. The van der Waals surface area contributed by atoms with Crippen LogP contribution in [0, 0.1) is 0 Å². The van der Waals surface area contributed by atoms with Crippen LogP contribution in [0.4, 0.5) is 13.2 Å². The minimum Gasteiger partial charge on any atom is -0.279 e. The van der Waals surface area contributed by atoms with Crippen LogP contribution in [0.2, 0.25) is 0 Å². The molecule has 39 heavy (non-hydrogen) atoms. The summed E-state index contributed by atoms with van der Waals surface area (Å²) in [6, 6.07) is 14.3. The van der Waals surface area contributed by atoms with Crippen LogP contribution >= 0.6 is 7.92 Å². The molecule has 2 rings (SSSR count). The summed E-state index contributed by atoms with van der Waals surface area (Å²) < 4.78 is 57.5. The van der Waals surface area contributed by atoms with Gasteiger partial charge in [-0.15, -0.1) is 0 Å². The molecule has 0 radical (unpaired) electrons. The molecule has 0 atom stereocenters. The van der Waals surface area contributed by atoms with Gasteiger partial charge >= 0.3 is 15.6 Å². The van der Waals surface area contributed by atoms with Crippen LogP contribution < -0.4 is 5.30 Å². The van der Waals surface area contributed by atoms with Gasteiger partial charge in [-0.25, -0.2) is 0 Å². The van der Waals surface area contributed by atoms with E-state index < -0.39 is 15.6 Å². The quantitative estimate of drug-likeness (QED) is 0.148. The van der Waals surface area contributed by atoms with Crippen molar-refractivity contribution >= 4 is 23.3 Å². The summed E-state index contributed by atoms with van der Waals surface area (Å²) in [4.78, 5) is 0. The van der Waals surface area contributed by atoms with Gasteiger partial charge in [0.25, 0.3) is 0 Å². The van der Waals surface area contributed by atoms with E-state index in [4.69, 9.17) is 13.0 Å². The van der Waals surface area contributed by atoms with Gasteiger partial charge in [-0.2, -0.15) is 21.6 Å². The van der Waals surface area contributed by atoms with E-state index in [9.17, 15) is 13.2 Å². The van der Waals surface area contributed by atoms with E-state index in [0.29, 0.717) is 17.8 Å². The molecule has 0 saturated carbocycles. The molecule has 0 aliphatic carbocycles. The number of halogens is 3. The minimum absolute atomic E-state index is 0. The van der Waals surface area contributed by atoms with E-state index in [1.165, 1.54) is 27.8 Å². The van der Waals surface area contributed by atoms with Crippen molar-refractivity contribution in [1.29, 1.82) is 0 Å². The Bertz CT molecular complexity index is 1150. The van der Waals surface area contributed by atoms with Crippen molar-refractivity contribution < 1.29 is 46.6 Å². The molecule has 0 unspecified atom stereocenters. The maximum atomic E-state index is 10.7. The molecule has 2 aromatic rings. The normalized spacial score (nSPS) is 13.0. The summed E-state index contributed by atoms with van der Waals surface area (Å²) in [6.07, 6.45) is 0. The first-order chi connectivity index (χ1) is 16.9. The molecule has 0 heterocycles. The molecule has 226 valence electrons. The summed E-state index contributed by atoms with van der Waals surface area (Å²) in [6.45, 7) is 28.6. The van der Waals surface area contributed by atoms with Crippen LogP contribution in [-0.4, -0.2) is 28.8 Å². The zero-order chi connectivity index (χ0) is 30.0. The number of alkyl halides is 3. The SMILES string of the molecule is CC(C)c1cc(C(C)C)c(-c2ccccc2P(C(C)(C)C)C(C)(C)C)c(C(C)C)c1.O=S(=O)(O)C(F)(F)F.[Pd]. The fourth-order valence-electron chi connectivity index (χ4n) is 4.88. The minimum atomic E-state index is -5.84. The number of benzene rings is 2. The zero-order valence-electron chi connectivity index (χ0n) is 25.3. The topological polar surface area (TPSA) is 54.4 Å². The predicted octanol–water partition coefficient (Wildman–Crippen LogP) is 9.82. The van der Waals surface area contributed by atoms with Crippen LogP contribution in [0.25, 0.3) is 11.1 Å². The molecule has 9 heteroatoms. The Morgan fingerprint density at radius 2 is 1.10 bits per heavy atom. The van der Waals surface area contributed by atoms with E-state index in [-0.39, 0.29) is 38.7 Å². The smallest absolute Gasteiger partial charge is 0.279 e. The van der Waals surface area contributed by atoms with Crippen molar-refractivity contribution in [2.75, 3.05) is 0 Å². The fourth-order valence-corrected chi connectivity index (χ4v) is 9.00. The van der Waals surface area contributed by atoms with Crippen molar-refractivity contribution in [3.05, 3.63) is 53.1 Å². The molecule has 0 spiro atoms. The Balaban J connectivity index is 0.00000139. The molecular weight excluding hydrogens is 635 g/mol. The third-order valence-electron chi connectivity index (χ3n) is 6.18. The Morgan fingerprint density at radius 3 is 1.38 bits per heavy atom. The molecule has 0 fully saturated rings. The Kier molecular flexibility index (Phi) is 13.7. The first kappa shape index (κ1) is 38.2. The second-order valence-corrected chi connectivity index (χ2v) is 17.9. The maximum Gasteiger partial charge on any atom is 0.522 e.